The van der Waals surface area contributed by atoms with Gasteiger partial charge in [0.25, 0.3) is 0 Å². The predicted molar refractivity (Wildman–Crippen MR) is 76.4 cm³/mol. The Morgan fingerprint density at radius 2 is 2.25 bits per heavy atom. The third kappa shape index (κ3) is 4.88. The van der Waals surface area contributed by atoms with E-state index in [2.05, 4.69) is 10.3 Å². The summed E-state index contributed by atoms with van der Waals surface area (Å²) in [6.45, 7) is 2.28. The quantitative estimate of drug-likeness (QED) is 0.760. The molecule has 2 aromatic rings. The number of hydrogen-bond donors (Lipinski definition) is 1. The number of aromatic nitrogens is 1. The van der Waals surface area contributed by atoms with E-state index in [1.165, 1.54) is 23.5 Å². The van der Waals surface area contributed by atoms with Crippen molar-refractivity contribution in [1.29, 1.82) is 0 Å². The number of hydrogen-bond acceptors (Lipinski definition) is 5. The second-order valence-electron chi connectivity index (χ2n) is 4.23. The van der Waals surface area contributed by atoms with Crippen LogP contribution in [0.4, 0.5) is 4.39 Å². The average Bonchev–Trinajstić information content (AvgIpc) is 2.94. The molecule has 0 saturated heterocycles. The zero-order valence-corrected chi connectivity index (χ0v) is 12.1. The van der Waals surface area contributed by atoms with Crippen LogP contribution in [0.15, 0.2) is 29.1 Å². The van der Waals surface area contributed by atoms with Crippen LogP contribution < -0.4 is 10.1 Å². The molecular weight excluding hydrogens is 279 g/mol. The van der Waals surface area contributed by atoms with Gasteiger partial charge in [-0.05, 0) is 17.7 Å². The Kier molecular flexibility index (Phi) is 5.91. The van der Waals surface area contributed by atoms with Crippen molar-refractivity contribution in [2.45, 2.75) is 13.2 Å². The van der Waals surface area contributed by atoms with Gasteiger partial charge in [-0.1, -0.05) is 0 Å². The van der Waals surface area contributed by atoms with E-state index in [1.54, 1.807) is 12.6 Å². The molecule has 1 aromatic carbocycles. The van der Waals surface area contributed by atoms with E-state index < -0.39 is 0 Å². The normalized spacial score (nSPS) is 10.7. The van der Waals surface area contributed by atoms with E-state index in [-0.39, 0.29) is 5.82 Å². The third-order valence-corrected chi connectivity index (χ3v) is 3.25. The Labute approximate surface area is 121 Å². The minimum absolute atomic E-state index is 0.302. The topological polar surface area (TPSA) is 43.4 Å². The van der Waals surface area contributed by atoms with E-state index in [4.69, 9.17) is 9.47 Å². The number of rotatable bonds is 8. The number of benzene rings is 1. The van der Waals surface area contributed by atoms with E-state index in [0.29, 0.717) is 25.5 Å². The molecule has 20 heavy (non-hydrogen) atoms. The maximum atomic E-state index is 13.5. The van der Waals surface area contributed by atoms with Crippen LogP contribution in [-0.4, -0.2) is 25.2 Å². The first-order chi connectivity index (χ1) is 9.78. The van der Waals surface area contributed by atoms with Gasteiger partial charge in [-0.2, -0.15) is 0 Å². The molecule has 0 fully saturated rings. The van der Waals surface area contributed by atoms with Crippen LogP contribution in [-0.2, 0) is 17.9 Å². The van der Waals surface area contributed by atoms with Crippen molar-refractivity contribution in [3.63, 3.8) is 0 Å². The van der Waals surface area contributed by atoms with Gasteiger partial charge < -0.3 is 14.8 Å². The smallest absolute Gasteiger partial charge is 0.131 e. The van der Waals surface area contributed by atoms with Crippen molar-refractivity contribution in [3.8, 4) is 5.75 Å². The van der Waals surface area contributed by atoms with Crippen molar-refractivity contribution in [2.75, 3.05) is 20.3 Å². The molecule has 0 unspecified atom stereocenters. The van der Waals surface area contributed by atoms with Crippen LogP contribution in [0.3, 0.4) is 0 Å². The summed E-state index contributed by atoms with van der Waals surface area (Å²) in [5.74, 6) is 0.214. The molecule has 4 nitrogen and oxygen atoms in total. The lowest BCUT2D eigenvalue weighted by atomic mass is 10.2. The van der Waals surface area contributed by atoms with Gasteiger partial charge in [-0.3, -0.25) is 0 Å². The molecule has 0 saturated carbocycles. The number of nitrogens with one attached hydrogen (secondary N) is 1. The van der Waals surface area contributed by atoms with E-state index in [0.717, 1.165) is 17.8 Å². The highest BCUT2D eigenvalue weighted by Gasteiger charge is 2.03. The van der Waals surface area contributed by atoms with Gasteiger partial charge >= 0.3 is 0 Å². The molecule has 0 aliphatic carbocycles. The van der Waals surface area contributed by atoms with Gasteiger partial charge in [0.1, 0.15) is 18.2 Å². The zero-order valence-electron chi connectivity index (χ0n) is 11.3. The minimum atomic E-state index is -0.302. The van der Waals surface area contributed by atoms with Gasteiger partial charge in [0.05, 0.1) is 17.8 Å². The van der Waals surface area contributed by atoms with Crippen LogP contribution in [0.2, 0.25) is 0 Å². The molecule has 108 valence electrons. The van der Waals surface area contributed by atoms with Gasteiger partial charge in [0, 0.05) is 31.6 Å². The largest absolute Gasteiger partial charge is 0.487 e. The van der Waals surface area contributed by atoms with Crippen LogP contribution in [0, 0.1) is 5.82 Å². The van der Waals surface area contributed by atoms with E-state index in [1.807, 2.05) is 11.4 Å². The second kappa shape index (κ2) is 7.94. The molecule has 0 radical (unpaired) electrons. The molecule has 2 rings (SSSR count). The molecule has 0 aliphatic rings. The molecule has 1 N–H and O–H groups in total. The Hall–Kier alpha value is -1.50. The first-order valence-corrected chi connectivity index (χ1v) is 7.21. The number of nitrogens with zero attached hydrogens (tertiary/aromatic N) is 1. The maximum Gasteiger partial charge on any atom is 0.131 e. The molecule has 1 heterocycles. The van der Waals surface area contributed by atoms with E-state index >= 15 is 0 Å². The van der Waals surface area contributed by atoms with Crippen LogP contribution >= 0.6 is 11.3 Å². The highest BCUT2D eigenvalue weighted by molar-refractivity contribution is 7.07. The predicted octanol–water partition coefficient (Wildman–Crippen LogP) is 2.60. The van der Waals surface area contributed by atoms with E-state index in [9.17, 15) is 4.39 Å². The van der Waals surface area contributed by atoms with Crippen LogP contribution in [0.25, 0.3) is 0 Å². The Bertz CT molecular complexity index is 520. The van der Waals surface area contributed by atoms with Crippen molar-refractivity contribution < 1.29 is 13.9 Å². The number of halogens is 1. The molecule has 6 heteroatoms. The van der Waals surface area contributed by atoms with Crippen molar-refractivity contribution in [1.82, 2.24) is 10.3 Å². The van der Waals surface area contributed by atoms with Crippen molar-refractivity contribution in [3.05, 3.63) is 46.2 Å². The summed E-state index contributed by atoms with van der Waals surface area (Å²) in [4.78, 5) is 4.12. The molecule has 0 atom stereocenters. The lowest BCUT2D eigenvalue weighted by Gasteiger charge is -2.08. The zero-order chi connectivity index (χ0) is 14.2. The minimum Gasteiger partial charge on any atom is -0.487 e. The average molecular weight is 296 g/mol. The second-order valence-corrected chi connectivity index (χ2v) is 4.95. The molecule has 1 aromatic heterocycles. The van der Waals surface area contributed by atoms with Crippen LogP contribution in [0.1, 0.15) is 11.3 Å². The SMILES string of the molecule is COCCNCc1cc(F)cc(OCc2cscn2)c1. The Morgan fingerprint density at radius 3 is 3.00 bits per heavy atom. The first-order valence-electron chi connectivity index (χ1n) is 6.27. The fourth-order valence-electron chi connectivity index (χ4n) is 1.68. The van der Waals surface area contributed by atoms with Gasteiger partial charge in [-0.25, -0.2) is 9.37 Å². The van der Waals surface area contributed by atoms with Gasteiger partial charge in [0.2, 0.25) is 0 Å². The summed E-state index contributed by atoms with van der Waals surface area (Å²) in [6.07, 6.45) is 0. The summed E-state index contributed by atoms with van der Waals surface area (Å²) in [6, 6.07) is 4.70. The number of methoxy groups -OCH3 is 1. The number of thiazole rings is 1. The lowest BCUT2D eigenvalue weighted by molar-refractivity contribution is 0.199. The first kappa shape index (κ1) is 14.9. The molecule has 0 aliphatic heterocycles. The summed E-state index contributed by atoms with van der Waals surface area (Å²) in [5.41, 5.74) is 3.43. The Morgan fingerprint density at radius 1 is 1.35 bits per heavy atom. The standard InChI is InChI=1S/C14H17FN2O2S/c1-18-3-2-16-7-11-4-12(15)6-14(5-11)19-8-13-9-20-10-17-13/h4-6,9-10,16H,2-3,7-8H2,1H3. The summed E-state index contributed by atoms with van der Waals surface area (Å²) >= 11 is 1.51. The monoisotopic (exact) mass is 296 g/mol. The summed E-state index contributed by atoms with van der Waals surface area (Å²) in [5, 5.41) is 5.08. The van der Waals surface area contributed by atoms with Crippen LogP contribution in [0.5, 0.6) is 5.75 Å². The molecular formula is C14H17FN2O2S. The summed E-state index contributed by atoms with van der Waals surface area (Å²) in [7, 11) is 1.65. The molecule has 0 amide bonds. The maximum absolute atomic E-state index is 13.5. The molecule has 0 bridgehead atoms. The fraction of sp³-hybridized carbons (Fsp3) is 0.357. The third-order valence-electron chi connectivity index (χ3n) is 2.61. The highest BCUT2D eigenvalue weighted by Crippen LogP contribution is 2.18. The molecule has 0 spiro atoms. The summed E-state index contributed by atoms with van der Waals surface area (Å²) < 4.78 is 24.0. The lowest BCUT2D eigenvalue weighted by Crippen LogP contribution is -2.18. The van der Waals surface area contributed by atoms with Gasteiger partial charge in [-0.15, -0.1) is 11.3 Å². The highest BCUT2D eigenvalue weighted by atomic mass is 32.1. The van der Waals surface area contributed by atoms with Crippen molar-refractivity contribution >= 4 is 11.3 Å². The number of ether oxygens (including phenoxy) is 2. The van der Waals surface area contributed by atoms with Gasteiger partial charge in [0.15, 0.2) is 0 Å². The fourth-order valence-corrected chi connectivity index (χ4v) is 2.22. The Balaban J connectivity index is 1.90. The van der Waals surface area contributed by atoms with Crippen molar-refractivity contribution in [2.24, 2.45) is 0 Å².